The van der Waals surface area contributed by atoms with Crippen LogP contribution in [0.4, 0.5) is 0 Å². The predicted octanol–water partition coefficient (Wildman–Crippen LogP) is 2.04. The molecule has 1 rings (SSSR count). The first-order valence-corrected chi connectivity index (χ1v) is 4.53. The van der Waals surface area contributed by atoms with E-state index in [0.717, 1.165) is 6.54 Å². The van der Waals surface area contributed by atoms with Crippen molar-refractivity contribution in [2.75, 3.05) is 6.54 Å². The summed E-state index contributed by atoms with van der Waals surface area (Å²) in [5, 5.41) is 0. The van der Waals surface area contributed by atoms with Gasteiger partial charge in [-0.2, -0.15) is 0 Å². The number of carbonyl (C=O) groups excluding carboxylic acids is 1. The van der Waals surface area contributed by atoms with Crippen molar-refractivity contribution in [1.29, 1.82) is 0 Å². The molecule has 12 heavy (non-hydrogen) atoms. The molecule has 0 aromatic heterocycles. The number of amides is 1. The summed E-state index contributed by atoms with van der Waals surface area (Å²) in [5.41, 5.74) is 0.162. The van der Waals surface area contributed by atoms with Gasteiger partial charge in [-0.1, -0.05) is 13.8 Å². The molecule has 1 aliphatic heterocycles. The van der Waals surface area contributed by atoms with E-state index in [-0.39, 0.29) is 11.0 Å². The summed E-state index contributed by atoms with van der Waals surface area (Å²) in [7, 11) is 0. The summed E-state index contributed by atoms with van der Waals surface area (Å²) in [6, 6.07) is 0. The van der Waals surface area contributed by atoms with Gasteiger partial charge in [0, 0.05) is 18.5 Å². The van der Waals surface area contributed by atoms with E-state index in [1.54, 1.807) is 0 Å². The summed E-state index contributed by atoms with van der Waals surface area (Å²) in [6.07, 6.45) is 0.699. The van der Waals surface area contributed by atoms with E-state index < -0.39 is 0 Å². The van der Waals surface area contributed by atoms with Crippen molar-refractivity contribution >= 4 is 5.91 Å². The van der Waals surface area contributed by atoms with Gasteiger partial charge in [0.05, 0.1) is 0 Å². The van der Waals surface area contributed by atoms with Crippen LogP contribution in [-0.2, 0) is 4.79 Å². The average Bonchev–Trinajstić information content (AvgIpc) is 2.03. The average molecular weight is 169 g/mol. The van der Waals surface area contributed by atoms with Crippen LogP contribution in [0.25, 0.3) is 0 Å². The highest BCUT2D eigenvalue weighted by atomic mass is 16.2. The van der Waals surface area contributed by atoms with Crippen LogP contribution in [0, 0.1) is 5.41 Å². The highest BCUT2D eigenvalue weighted by Crippen LogP contribution is 2.34. The van der Waals surface area contributed by atoms with Gasteiger partial charge in [-0.05, 0) is 26.2 Å². The minimum absolute atomic E-state index is 0.00907. The Bertz CT molecular complexity index is 200. The maximum atomic E-state index is 11.6. The maximum absolute atomic E-state index is 11.6. The summed E-state index contributed by atoms with van der Waals surface area (Å²) in [4.78, 5) is 13.5. The van der Waals surface area contributed by atoms with Gasteiger partial charge in [0.15, 0.2) is 0 Å². The largest absolute Gasteiger partial charge is 0.337 e. The van der Waals surface area contributed by atoms with Crippen molar-refractivity contribution in [1.82, 2.24) is 4.90 Å². The molecule has 0 aromatic rings. The monoisotopic (exact) mass is 169 g/mol. The lowest BCUT2D eigenvalue weighted by atomic mass is 9.93. The van der Waals surface area contributed by atoms with Crippen LogP contribution in [0.1, 0.15) is 41.0 Å². The van der Waals surface area contributed by atoms with Gasteiger partial charge in [-0.25, -0.2) is 0 Å². The SMILES string of the molecule is CC1(C)CC(=O)N(C(C)(C)C)C1. The minimum Gasteiger partial charge on any atom is -0.337 e. The van der Waals surface area contributed by atoms with Crippen molar-refractivity contribution in [2.45, 2.75) is 46.6 Å². The van der Waals surface area contributed by atoms with Gasteiger partial charge in [0.25, 0.3) is 0 Å². The molecule has 1 saturated heterocycles. The van der Waals surface area contributed by atoms with Crippen LogP contribution in [0.3, 0.4) is 0 Å². The molecule has 0 radical (unpaired) electrons. The Morgan fingerprint density at radius 3 is 2.00 bits per heavy atom. The van der Waals surface area contributed by atoms with Crippen LogP contribution in [0.15, 0.2) is 0 Å². The zero-order valence-corrected chi connectivity index (χ0v) is 8.77. The van der Waals surface area contributed by atoms with Gasteiger partial charge in [0.2, 0.25) is 5.91 Å². The lowest BCUT2D eigenvalue weighted by Gasteiger charge is -2.33. The third kappa shape index (κ3) is 1.79. The predicted molar refractivity (Wildman–Crippen MR) is 49.9 cm³/mol. The number of likely N-dealkylation sites (tertiary alicyclic amines) is 1. The molecule has 2 nitrogen and oxygen atoms in total. The summed E-state index contributed by atoms with van der Waals surface area (Å²) in [6.45, 7) is 11.5. The Labute approximate surface area is 74.9 Å². The van der Waals surface area contributed by atoms with E-state index in [2.05, 4.69) is 34.6 Å². The first-order chi connectivity index (χ1) is 5.22. The fraction of sp³-hybridized carbons (Fsp3) is 0.900. The van der Waals surface area contributed by atoms with E-state index in [1.807, 2.05) is 4.90 Å². The molecule has 1 amide bonds. The van der Waals surface area contributed by atoms with Crippen LogP contribution in [0.5, 0.6) is 0 Å². The Balaban J connectivity index is 2.78. The molecular formula is C10H19NO. The fourth-order valence-electron chi connectivity index (χ4n) is 1.69. The van der Waals surface area contributed by atoms with E-state index >= 15 is 0 Å². The number of nitrogens with zero attached hydrogens (tertiary/aromatic N) is 1. The van der Waals surface area contributed by atoms with Crippen LogP contribution < -0.4 is 0 Å². The number of hydrogen-bond acceptors (Lipinski definition) is 1. The fourth-order valence-corrected chi connectivity index (χ4v) is 1.69. The second-order valence-corrected chi connectivity index (χ2v) is 5.49. The normalized spacial score (nSPS) is 23.4. The Morgan fingerprint density at radius 1 is 1.33 bits per heavy atom. The van der Waals surface area contributed by atoms with Crippen LogP contribution in [0.2, 0.25) is 0 Å². The molecule has 0 unspecified atom stereocenters. The number of hydrogen-bond donors (Lipinski definition) is 0. The van der Waals surface area contributed by atoms with Gasteiger partial charge in [0.1, 0.15) is 0 Å². The molecule has 0 atom stereocenters. The first kappa shape index (κ1) is 9.56. The first-order valence-electron chi connectivity index (χ1n) is 4.53. The van der Waals surface area contributed by atoms with E-state index in [0.29, 0.717) is 12.3 Å². The lowest BCUT2D eigenvalue weighted by molar-refractivity contribution is -0.131. The highest BCUT2D eigenvalue weighted by Gasteiger charge is 2.40. The summed E-state index contributed by atoms with van der Waals surface area (Å²) >= 11 is 0. The summed E-state index contributed by atoms with van der Waals surface area (Å²) in [5.74, 6) is 0.299. The molecule has 0 N–H and O–H groups in total. The van der Waals surface area contributed by atoms with Crippen LogP contribution >= 0.6 is 0 Å². The molecule has 1 heterocycles. The van der Waals surface area contributed by atoms with Gasteiger partial charge < -0.3 is 4.90 Å². The summed E-state index contributed by atoms with van der Waals surface area (Å²) < 4.78 is 0. The zero-order valence-electron chi connectivity index (χ0n) is 8.77. The standard InChI is InChI=1S/C10H19NO/c1-9(2,3)11-7-10(4,5)6-8(11)12/h6-7H2,1-5H3. The van der Waals surface area contributed by atoms with Gasteiger partial charge >= 0.3 is 0 Å². The zero-order chi connectivity index (χ0) is 9.57. The molecule has 70 valence electrons. The Hall–Kier alpha value is -0.530. The van der Waals surface area contributed by atoms with Crippen molar-refractivity contribution in [2.24, 2.45) is 5.41 Å². The molecule has 1 aliphatic rings. The molecule has 0 saturated carbocycles. The van der Waals surface area contributed by atoms with Crippen molar-refractivity contribution in [3.63, 3.8) is 0 Å². The third-order valence-electron chi connectivity index (χ3n) is 2.33. The molecule has 2 heteroatoms. The number of carbonyl (C=O) groups is 1. The molecule has 1 fully saturated rings. The van der Waals surface area contributed by atoms with Crippen molar-refractivity contribution in [3.8, 4) is 0 Å². The van der Waals surface area contributed by atoms with Crippen LogP contribution in [-0.4, -0.2) is 22.9 Å². The Morgan fingerprint density at radius 2 is 1.83 bits per heavy atom. The van der Waals surface area contributed by atoms with E-state index in [4.69, 9.17) is 0 Å². The number of rotatable bonds is 0. The van der Waals surface area contributed by atoms with E-state index in [1.165, 1.54) is 0 Å². The van der Waals surface area contributed by atoms with Gasteiger partial charge in [-0.15, -0.1) is 0 Å². The van der Waals surface area contributed by atoms with E-state index in [9.17, 15) is 4.79 Å². The smallest absolute Gasteiger partial charge is 0.223 e. The Kier molecular flexibility index (Phi) is 1.97. The molecule has 0 aromatic carbocycles. The van der Waals surface area contributed by atoms with Crippen molar-refractivity contribution < 1.29 is 4.79 Å². The highest BCUT2D eigenvalue weighted by molar-refractivity contribution is 5.80. The molecule has 0 spiro atoms. The second-order valence-electron chi connectivity index (χ2n) is 5.49. The molecule has 0 aliphatic carbocycles. The minimum atomic E-state index is -0.00907. The van der Waals surface area contributed by atoms with Gasteiger partial charge in [-0.3, -0.25) is 4.79 Å². The maximum Gasteiger partial charge on any atom is 0.223 e. The second kappa shape index (κ2) is 2.48. The van der Waals surface area contributed by atoms with Crippen molar-refractivity contribution in [3.05, 3.63) is 0 Å². The third-order valence-corrected chi connectivity index (χ3v) is 2.33. The quantitative estimate of drug-likeness (QED) is 0.543. The molecular weight excluding hydrogens is 150 g/mol. The molecule has 0 bridgehead atoms. The lowest BCUT2D eigenvalue weighted by Crippen LogP contribution is -2.42. The topological polar surface area (TPSA) is 20.3 Å².